The Morgan fingerprint density at radius 1 is 0.259 bits per heavy atom. The molecular weight excluding hydrogens is 651 g/mol. The van der Waals surface area contributed by atoms with Crippen molar-refractivity contribution in [3.05, 3.63) is 235 Å². The summed E-state index contributed by atoms with van der Waals surface area (Å²) in [4.78, 5) is 2.42. The Morgan fingerprint density at radius 2 is 0.667 bits per heavy atom. The zero-order valence-electron chi connectivity index (χ0n) is 29.7. The molecule has 0 heterocycles. The van der Waals surface area contributed by atoms with Gasteiger partial charge in [0.2, 0.25) is 0 Å². The smallest absolute Gasteiger partial charge is 0.0726 e. The molecule has 0 N–H and O–H groups in total. The topological polar surface area (TPSA) is 3.24 Å². The molecule has 0 radical (unpaired) electrons. The predicted octanol–water partition coefficient (Wildman–Crippen LogP) is 14.0. The lowest BCUT2D eigenvalue weighted by atomic mass is 9.70. The highest BCUT2D eigenvalue weighted by Gasteiger charge is 2.51. The van der Waals surface area contributed by atoms with Crippen molar-refractivity contribution in [3.63, 3.8) is 0 Å². The highest BCUT2D eigenvalue weighted by molar-refractivity contribution is 6.00. The van der Waals surface area contributed by atoms with Gasteiger partial charge in [-0.15, -0.1) is 0 Å². The standard InChI is InChI=1S/C53H35N/c1-3-13-36(14-4-1)38-23-27-42(28-24-38)54(43-29-25-39(26-30-43)37-15-5-2-6-16-37)44-31-32-47-48-33-40-17-7-8-18-41(40)34-51(48)53(52(47)35-44)49-21-11-9-19-45(49)46-20-10-12-22-50(46)53/h1-35H. The first-order valence-corrected chi connectivity index (χ1v) is 18.8. The molecule has 9 aromatic rings. The summed E-state index contributed by atoms with van der Waals surface area (Å²) in [5.41, 5.74) is 18.4. The molecule has 0 saturated carbocycles. The molecule has 2 aliphatic rings. The van der Waals surface area contributed by atoms with Crippen LogP contribution in [-0.2, 0) is 5.41 Å². The van der Waals surface area contributed by atoms with Crippen LogP contribution in [0.3, 0.4) is 0 Å². The zero-order chi connectivity index (χ0) is 35.6. The Bertz CT molecular complexity index is 2720. The minimum atomic E-state index is -0.447. The van der Waals surface area contributed by atoms with Crippen LogP contribution in [0.4, 0.5) is 17.1 Å². The van der Waals surface area contributed by atoms with Crippen LogP contribution in [0, 0.1) is 0 Å². The number of nitrogens with zero attached hydrogens (tertiary/aromatic N) is 1. The fraction of sp³-hybridized carbons (Fsp3) is 0.0189. The Labute approximate surface area is 316 Å². The van der Waals surface area contributed by atoms with Crippen LogP contribution in [-0.4, -0.2) is 0 Å². The number of hydrogen-bond acceptors (Lipinski definition) is 1. The lowest BCUT2D eigenvalue weighted by Gasteiger charge is -2.32. The van der Waals surface area contributed by atoms with E-state index in [2.05, 4.69) is 217 Å². The fourth-order valence-corrected chi connectivity index (χ4v) is 9.26. The molecule has 0 fully saturated rings. The molecule has 0 saturated heterocycles. The third-order valence-electron chi connectivity index (χ3n) is 11.7. The van der Waals surface area contributed by atoms with Gasteiger partial charge in [0.15, 0.2) is 0 Å². The molecule has 0 aromatic heterocycles. The van der Waals surface area contributed by atoms with Gasteiger partial charge in [-0.25, -0.2) is 0 Å². The largest absolute Gasteiger partial charge is 0.310 e. The molecule has 1 spiro atoms. The van der Waals surface area contributed by atoms with Gasteiger partial charge in [0.05, 0.1) is 5.41 Å². The monoisotopic (exact) mass is 685 g/mol. The maximum atomic E-state index is 2.48. The molecule has 1 nitrogen and oxygen atoms in total. The summed E-state index contributed by atoms with van der Waals surface area (Å²) >= 11 is 0. The molecular formula is C53H35N. The summed E-state index contributed by atoms with van der Waals surface area (Å²) in [6, 6.07) is 78.3. The predicted molar refractivity (Wildman–Crippen MR) is 226 cm³/mol. The summed E-state index contributed by atoms with van der Waals surface area (Å²) in [5.74, 6) is 0. The van der Waals surface area contributed by atoms with E-state index in [1.165, 1.54) is 77.5 Å². The van der Waals surface area contributed by atoms with Crippen LogP contribution in [0.25, 0.3) is 55.3 Å². The van der Waals surface area contributed by atoms with Gasteiger partial charge in [-0.05, 0) is 126 Å². The summed E-state index contributed by atoms with van der Waals surface area (Å²) in [5, 5.41) is 2.53. The van der Waals surface area contributed by atoms with Crippen LogP contribution in [0.1, 0.15) is 22.3 Å². The second kappa shape index (κ2) is 12.0. The fourth-order valence-electron chi connectivity index (χ4n) is 9.26. The normalized spacial score (nSPS) is 13.0. The molecule has 0 atom stereocenters. The number of rotatable bonds is 5. The summed E-state index contributed by atoms with van der Waals surface area (Å²) in [6.45, 7) is 0. The molecule has 54 heavy (non-hydrogen) atoms. The van der Waals surface area contributed by atoms with E-state index in [0.29, 0.717) is 0 Å². The van der Waals surface area contributed by atoms with Crippen molar-refractivity contribution in [2.75, 3.05) is 4.90 Å². The average Bonchev–Trinajstić information content (AvgIpc) is 3.70. The van der Waals surface area contributed by atoms with Crippen LogP contribution >= 0.6 is 0 Å². The lowest BCUT2D eigenvalue weighted by Crippen LogP contribution is -2.26. The Balaban J connectivity index is 1.15. The van der Waals surface area contributed by atoms with E-state index in [9.17, 15) is 0 Å². The second-order valence-corrected chi connectivity index (χ2v) is 14.5. The first kappa shape index (κ1) is 30.6. The minimum Gasteiger partial charge on any atom is -0.310 e. The minimum absolute atomic E-state index is 0.447. The number of anilines is 3. The molecule has 9 aromatic carbocycles. The average molecular weight is 686 g/mol. The first-order chi connectivity index (χ1) is 26.8. The summed E-state index contributed by atoms with van der Waals surface area (Å²) in [6.07, 6.45) is 0. The van der Waals surface area contributed by atoms with E-state index in [1.54, 1.807) is 0 Å². The van der Waals surface area contributed by atoms with Crippen molar-refractivity contribution in [3.8, 4) is 44.5 Å². The van der Waals surface area contributed by atoms with Crippen LogP contribution < -0.4 is 4.90 Å². The first-order valence-electron chi connectivity index (χ1n) is 18.8. The highest BCUT2D eigenvalue weighted by atomic mass is 15.1. The molecule has 0 unspecified atom stereocenters. The van der Waals surface area contributed by atoms with E-state index in [1.807, 2.05) is 0 Å². The number of benzene rings is 9. The number of fused-ring (bicyclic) bond motifs is 11. The van der Waals surface area contributed by atoms with Crippen LogP contribution in [0.5, 0.6) is 0 Å². The molecule has 0 amide bonds. The third-order valence-corrected chi connectivity index (χ3v) is 11.7. The lowest BCUT2D eigenvalue weighted by molar-refractivity contribution is 0.795. The molecule has 1 heteroatoms. The van der Waals surface area contributed by atoms with Crippen molar-refractivity contribution in [1.29, 1.82) is 0 Å². The summed E-state index contributed by atoms with van der Waals surface area (Å²) in [7, 11) is 0. The Morgan fingerprint density at radius 3 is 1.22 bits per heavy atom. The molecule has 252 valence electrons. The van der Waals surface area contributed by atoms with Crippen molar-refractivity contribution >= 4 is 27.8 Å². The van der Waals surface area contributed by atoms with E-state index in [0.717, 1.165) is 17.1 Å². The third kappa shape index (κ3) is 4.52. The molecule has 0 bridgehead atoms. The Kier molecular flexibility index (Phi) is 6.84. The highest BCUT2D eigenvalue weighted by Crippen LogP contribution is 2.63. The van der Waals surface area contributed by atoms with E-state index < -0.39 is 5.41 Å². The Hall–Kier alpha value is -6.96. The van der Waals surface area contributed by atoms with Crippen molar-refractivity contribution in [2.24, 2.45) is 0 Å². The van der Waals surface area contributed by atoms with Gasteiger partial charge in [0.1, 0.15) is 0 Å². The van der Waals surface area contributed by atoms with Gasteiger partial charge < -0.3 is 4.90 Å². The maximum absolute atomic E-state index is 2.48. The van der Waals surface area contributed by atoms with Crippen molar-refractivity contribution in [1.82, 2.24) is 0 Å². The SMILES string of the molecule is c1ccc(-c2ccc(N(c3ccc(-c4ccccc4)cc3)c3ccc4c(c3)C3(c5ccccc5-c5ccccc53)c3cc5ccccc5cc3-4)cc2)cc1. The summed E-state index contributed by atoms with van der Waals surface area (Å²) < 4.78 is 0. The van der Waals surface area contributed by atoms with E-state index in [4.69, 9.17) is 0 Å². The molecule has 2 aliphatic carbocycles. The van der Waals surface area contributed by atoms with Gasteiger partial charge in [0, 0.05) is 17.1 Å². The van der Waals surface area contributed by atoms with Gasteiger partial charge in [-0.1, -0.05) is 164 Å². The van der Waals surface area contributed by atoms with Gasteiger partial charge in [-0.2, -0.15) is 0 Å². The van der Waals surface area contributed by atoms with Crippen molar-refractivity contribution < 1.29 is 0 Å². The zero-order valence-corrected chi connectivity index (χ0v) is 29.7. The number of hydrogen-bond donors (Lipinski definition) is 0. The quantitative estimate of drug-likeness (QED) is 0.174. The van der Waals surface area contributed by atoms with Gasteiger partial charge in [0.25, 0.3) is 0 Å². The second-order valence-electron chi connectivity index (χ2n) is 14.5. The maximum Gasteiger partial charge on any atom is 0.0726 e. The van der Waals surface area contributed by atoms with Gasteiger partial charge >= 0.3 is 0 Å². The molecule has 11 rings (SSSR count). The van der Waals surface area contributed by atoms with Crippen LogP contribution in [0.2, 0.25) is 0 Å². The van der Waals surface area contributed by atoms with Crippen LogP contribution in [0.15, 0.2) is 212 Å². The molecule has 0 aliphatic heterocycles. The van der Waals surface area contributed by atoms with E-state index >= 15 is 0 Å². The van der Waals surface area contributed by atoms with E-state index in [-0.39, 0.29) is 0 Å². The van der Waals surface area contributed by atoms with Gasteiger partial charge in [-0.3, -0.25) is 0 Å². The van der Waals surface area contributed by atoms with Crippen molar-refractivity contribution in [2.45, 2.75) is 5.41 Å².